The maximum Gasteiger partial charge on any atom is 0.265 e. The summed E-state index contributed by atoms with van der Waals surface area (Å²) in [5.41, 5.74) is 2.42. The molecule has 2 aliphatic rings. The first-order valence-corrected chi connectivity index (χ1v) is 13.9. The molecule has 2 heterocycles. The van der Waals surface area contributed by atoms with Crippen LogP contribution < -0.4 is 4.31 Å². The Morgan fingerprint density at radius 3 is 2.26 bits per heavy atom. The molecule has 3 aromatic rings. The van der Waals surface area contributed by atoms with Crippen LogP contribution in [-0.4, -0.2) is 64.7 Å². The Hall–Kier alpha value is -2.95. The zero-order chi connectivity index (χ0) is 24.3. The standard InChI is InChI=1S/C24H25N3O5S2/c1-17-9-10-20(15-18(17)2)33(29,30)26-13-11-25(12-14-26)23(28)16-27-21-7-3-5-19-6-4-8-22(24(19)21)34(27,31)32/h3-10,15H,11-14,16H2,1-2H3. The van der Waals surface area contributed by atoms with Crippen LogP contribution in [0.15, 0.2) is 64.4 Å². The van der Waals surface area contributed by atoms with Crippen molar-refractivity contribution in [2.24, 2.45) is 0 Å². The van der Waals surface area contributed by atoms with Crippen molar-refractivity contribution in [3.05, 3.63) is 65.7 Å². The number of rotatable bonds is 4. The second kappa shape index (κ2) is 8.07. The van der Waals surface area contributed by atoms with E-state index < -0.39 is 20.0 Å². The molecule has 0 bridgehead atoms. The second-order valence-corrected chi connectivity index (χ2v) is 12.4. The van der Waals surface area contributed by atoms with Crippen LogP contribution in [0.2, 0.25) is 0 Å². The fourth-order valence-corrected chi connectivity index (χ4v) is 7.72. The Kier molecular flexibility index (Phi) is 5.42. The smallest absolute Gasteiger partial charge is 0.265 e. The van der Waals surface area contributed by atoms with E-state index in [0.717, 1.165) is 20.8 Å². The molecule has 0 aliphatic carbocycles. The number of sulfonamides is 2. The van der Waals surface area contributed by atoms with Crippen LogP contribution in [0.3, 0.4) is 0 Å². The third kappa shape index (κ3) is 3.57. The van der Waals surface area contributed by atoms with Crippen LogP contribution in [0, 0.1) is 13.8 Å². The van der Waals surface area contributed by atoms with Crippen LogP contribution in [0.5, 0.6) is 0 Å². The third-order valence-corrected chi connectivity index (χ3v) is 10.4. The molecule has 0 spiro atoms. The van der Waals surface area contributed by atoms with Gasteiger partial charge in [0.15, 0.2) is 0 Å². The summed E-state index contributed by atoms with van der Waals surface area (Å²) >= 11 is 0. The summed E-state index contributed by atoms with van der Waals surface area (Å²) in [7, 11) is -7.50. The summed E-state index contributed by atoms with van der Waals surface area (Å²) in [5.74, 6) is -0.350. The van der Waals surface area contributed by atoms with Crippen molar-refractivity contribution in [1.29, 1.82) is 0 Å². The summed E-state index contributed by atoms with van der Waals surface area (Å²) in [5, 5.41) is 1.43. The predicted octanol–water partition coefficient (Wildman–Crippen LogP) is 2.50. The van der Waals surface area contributed by atoms with E-state index in [1.807, 2.05) is 26.0 Å². The monoisotopic (exact) mass is 499 g/mol. The highest BCUT2D eigenvalue weighted by molar-refractivity contribution is 7.93. The van der Waals surface area contributed by atoms with Gasteiger partial charge in [0.1, 0.15) is 6.54 Å². The molecule has 1 amide bonds. The van der Waals surface area contributed by atoms with Crippen molar-refractivity contribution >= 4 is 42.4 Å². The van der Waals surface area contributed by atoms with Crippen molar-refractivity contribution in [1.82, 2.24) is 9.21 Å². The molecule has 5 rings (SSSR count). The van der Waals surface area contributed by atoms with E-state index in [0.29, 0.717) is 11.1 Å². The van der Waals surface area contributed by atoms with Crippen molar-refractivity contribution in [2.45, 2.75) is 23.6 Å². The number of hydrogen-bond donors (Lipinski definition) is 0. The molecular weight excluding hydrogens is 474 g/mol. The lowest BCUT2D eigenvalue weighted by Crippen LogP contribution is -2.52. The van der Waals surface area contributed by atoms with Crippen molar-refractivity contribution < 1.29 is 21.6 Å². The fraction of sp³-hybridized carbons (Fsp3) is 0.292. The van der Waals surface area contributed by atoms with Gasteiger partial charge in [-0.3, -0.25) is 9.10 Å². The Morgan fingerprint density at radius 1 is 0.912 bits per heavy atom. The molecular formula is C24H25N3O5S2. The number of piperazine rings is 1. The van der Waals surface area contributed by atoms with Crippen LogP contribution in [0.4, 0.5) is 5.69 Å². The molecule has 0 N–H and O–H groups in total. The molecule has 0 radical (unpaired) electrons. The molecule has 1 saturated heterocycles. The topological polar surface area (TPSA) is 95.1 Å². The molecule has 0 atom stereocenters. The Bertz CT molecular complexity index is 1520. The van der Waals surface area contributed by atoms with E-state index in [4.69, 9.17) is 0 Å². The fourth-order valence-electron chi connectivity index (χ4n) is 4.55. The molecule has 1 fully saturated rings. The predicted molar refractivity (Wildman–Crippen MR) is 130 cm³/mol. The summed E-state index contributed by atoms with van der Waals surface area (Å²) in [6.07, 6.45) is 0. The van der Waals surface area contributed by atoms with E-state index in [1.165, 1.54) is 9.21 Å². The Labute approximate surface area is 199 Å². The van der Waals surface area contributed by atoms with Gasteiger partial charge in [0.05, 0.1) is 15.5 Å². The van der Waals surface area contributed by atoms with E-state index in [1.54, 1.807) is 42.5 Å². The highest BCUT2D eigenvalue weighted by atomic mass is 32.2. The first kappa shape index (κ1) is 22.8. The maximum atomic E-state index is 13.1. The molecule has 0 unspecified atom stereocenters. The highest BCUT2D eigenvalue weighted by Crippen LogP contribution is 2.41. The quantitative estimate of drug-likeness (QED) is 0.550. The summed E-state index contributed by atoms with van der Waals surface area (Å²) in [6, 6.07) is 15.5. The lowest BCUT2D eigenvalue weighted by Gasteiger charge is -2.35. The summed E-state index contributed by atoms with van der Waals surface area (Å²) < 4.78 is 54.9. The zero-order valence-electron chi connectivity index (χ0n) is 18.9. The number of amides is 1. The first-order chi connectivity index (χ1) is 16.1. The SMILES string of the molecule is Cc1ccc(S(=O)(=O)N2CCN(C(=O)CN3c4cccc5cccc(c45)S3(=O)=O)CC2)cc1C. The van der Waals surface area contributed by atoms with Gasteiger partial charge < -0.3 is 4.90 Å². The van der Waals surface area contributed by atoms with Crippen LogP contribution in [-0.2, 0) is 24.8 Å². The average molecular weight is 500 g/mol. The van der Waals surface area contributed by atoms with Gasteiger partial charge in [0.2, 0.25) is 15.9 Å². The van der Waals surface area contributed by atoms with E-state index in [9.17, 15) is 21.6 Å². The van der Waals surface area contributed by atoms with Gasteiger partial charge in [-0.1, -0.05) is 30.3 Å². The van der Waals surface area contributed by atoms with Gasteiger partial charge in [-0.25, -0.2) is 16.8 Å². The maximum absolute atomic E-state index is 13.1. The van der Waals surface area contributed by atoms with Gasteiger partial charge in [0, 0.05) is 31.6 Å². The highest BCUT2D eigenvalue weighted by Gasteiger charge is 2.38. The number of benzene rings is 3. The first-order valence-electron chi connectivity index (χ1n) is 11.0. The number of hydrogen-bond acceptors (Lipinski definition) is 5. The zero-order valence-corrected chi connectivity index (χ0v) is 20.6. The minimum absolute atomic E-state index is 0.156. The van der Waals surface area contributed by atoms with E-state index in [2.05, 4.69) is 0 Å². The van der Waals surface area contributed by atoms with Crippen molar-refractivity contribution in [2.75, 3.05) is 37.0 Å². The number of carbonyl (C=O) groups is 1. The van der Waals surface area contributed by atoms with Crippen LogP contribution >= 0.6 is 0 Å². The second-order valence-electron chi connectivity index (χ2n) is 8.67. The third-order valence-electron chi connectivity index (χ3n) is 6.67. The van der Waals surface area contributed by atoms with Gasteiger partial charge in [0.25, 0.3) is 10.0 Å². The lowest BCUT2D eigenvalue weighted by molar-refractivity contribution is -0.130. The van der Waals surface area contributed by atoms with Gasteiger partial charge in [-0.15, -0.1) is 0 Å². The average Bonchev–Trinajstić information content (AvgIpc) is 3.04. The molecule has 0 saturated carbocycles. The number of anilines is 1. The minimum Gasteiger partial charge on any atom is -0.338 e. The number of carbonyl (C=O) groups excluding carboxylic acids is 1. The van der Waals surface area contributed by atoms with Crippen molar-refractivity contribution in [3.8, 4) is 0 Å². The molecule has 178 valence electrons. The molecule has 0 aromatic heterocycles. The molecule has 10 heteroatoms. The molecule has 8 nitrogen and oxygen atoms in total. The van der Waals surface area contributed by atoms with Crippen LogP contribution in [0.25, 0.3) is 10.8 Å². The van der Waals surface area contributed by atoms with Crippen molar-refractivity contribution in [3.63, 3.8) is 0 Å². The normalized spacial score (nSPS) is 17.9. The molecule has 2 aliphatic heterocycles. The van der Waals surface area contributed by atoms with E-state index in [-0.39, 0.29) is 48.4 Å². The Morgan fingerprint density at radius 2 is 1.59 bits per heavy atom. The minimum atomic E-state index is -3.83. The largest absolute Gasteiger partial charge is 0.338 e. The molecule has 3 aromatic carbocycles. The van der Waals surface area contributed by atoms with E-state index >= 15 is 0 Å². The van der Waals surface area contributed by atoms with Crippen LogP contribution in [0.1, 0.15) is 11.1 Å². The Balaban J connectivity index is 1.31. The number of aryl methyl sites for hydroxylation is 2. The molecule has 34 heavy (non-hydrogen) atoms. The summed E-state index contributed by atoms with van der Waals surface area (Å²) in [6.45, 7) is 4.20. The summed E-state index contributed by atoms with van der Waals surface area (Å²) in [4.78, 5) is 15.1. The van der Waals surface area contributed by atoms with Gasteiger partial charge >= 0.3 is 0 Å². The van der Waals surface area contributed by atoms with Gasteiger partial charge in [-0.2, -0.15) is 4.31 Å². The number of nitrogens with zero attached hydrogens (tertiary/aromatic N) is 3. The lowest BCUT2D eigenvalue weighted by atomic mass is 10.1. The van der Waals surface area contributed by atoms with Gasteiger partial charge in [-0.05, 0) is 54.6 Å².